The van der Waals surface area contributed by atoms with Crippen molar-refractivity contribution >= 4 is 17.7 Å². The lowest BCUT2D eigenvalue weighted by Crippen LogP contribution is -2.34. The van der Waals surface area contributed by atoms with Gasteiger partial charge in [0.25, 0.3) is 0 Å². The van der Waals surface area contributed by atoms with Crippen molar-refractivity contribution < 1.29 is 14.3 Å². The minimum Gasteiger partial charge on any atom is -0.392 e. The van der Waals surface area contributed by atoms with Crippen LogP contribution in [0.1, 0.15) is 17.9 Å². The average molecular weight is 255 g/mol. The second-order valence-corrected chi connectivity index (χ2v) is 5.15. The maximum absolute atomic E-state index is 13.7. The number of rotatable bonds is 3. The van der Waals surface area contributed by atoms with Crippen molar-refractivity contribution in [2.24, 2.45) is 0 Å². The summed E-state index contributed by atoms with van der Waals surface area (Å²) in [5.74, 6) is -0.0226. The standard InChI is InChI=1S/C12H14FNO2S/c1-8(15)6-14-11(16)7-17-12(14)9-4-2-3-5-10(9)13/h2-5,8,12,15H,6-7H2,1H3/t8-,12+/m0/s1. The summed E-state index contributed by atoms with van der Waals surface area (Å²) in [5.41, 5.74) is 0.504. The number of carbonyl (C=O) groups is 1. The number of hydrogen-bond acceptors (Lipinski definition) is 3. The molecule has 1 fully saturated rings. The van der Waals surface area contributed by atoms with Gasteiger partial charge in [0, 0.05) is 12.1 Å². The molecule has 17 heavy (non-hydrogen) atoms. The predicted octanol–water partition coefficient (Wildman–Crippen LogP) is 1.78. The molecule has 0 aromatic heterocycles. The summed E-state index contributed by atoms with van der Waals surface area (Å²) in [4.78, 5) is 13.2. The number of β-amino-alcohol motifs (C(OH)–C–C–N with tert-alkyl or cyclic N) is 1. The molecule has 0 spiro atoms. The van der Waals surface area contributed by atoms with Gasteiger partial charge in [-0.15, -0.1) is 11.8 Å². The first-order chi connectivity index (χ1) is 8.09. The summed E-state index contributed by atoms with van der Waals surface area (Å²) in [6.45, 7) is 1.86. The number of halogens is 1. The molecular weight excluding hydrogens is 241 g/mol. The molecule has 1 amide bonds. The van der Waals surface area contributed by atoms with Crippen molar-refractivity contribution in [1.82, 2.24) is 4.90 Å². The molecule has 2 rings (SSSR count). The molecule has 92 valence electrons. The molecule has 1 aliphatic heterocycles. The molecule has 0 radical (unpaired) electrons. The summed E-state index contributed by atoms with van der Waals surface area (Å²) in [6.07, 6.45) is -0.605. The number of nitrogens with zero attached hydrogens (tertiary/aromatic N) is 1. The Bertz CT molecular complexity index is 425. The van der Waals surface area contributed by atoms with Crippen molar-refractivity contribution in [3.8, 4) is 0 Å². The quantitative estimate of drug-likeness (QED) is 0.895. The van der Waals surface area contributed by atoms with E-state index in [4.69, 9.17) is 0 Å². The molecule has 0 aliphatic carbocycles. The summed E-state index contributed by atoms with van der Waals surface area (Å²) < 4.78 is 13.7. The summed E-state index contributed by atoms with van der Waals surface area (Å²) >= 11 is 1.39. The van der Waals surface area contributed by atoms with E-state index < -0.39 is 6.10 Å². The highest BCUT2D eigenvalue weighted by Gasteiger charge is 2.34. The van der Waals surface area contributed by atoms with Gasteiger partial charge < -0.3 is 10.0 Å². The number of hydrogen-bond donors (Lipinski definition) is 1. The van der Waals surface area contributed by atoms with Crippen LogP contribution in [0.2, 0.25) is 0 Å². The van der Waals surface area contributed by atoms with Crippen LogP contribution in [-0.4, -0.2) is 34.3 Å². The minimum atomic E-state index is -0.605. The van der Waals surface area contributed by atoms with Crippen LogP contribution in [-0.2, 0) is 4.79 Å². The zero-order valence-electron chi connectivity index (χ0n) is 9.47. The van der Waals surface area contributed by atoms with Gasteiger partial charge in [-0.05, 0) is 13.0 Å². The summed E-state index contributed by atoms with van der Waals surface area (Å²) in [6, 6.07) is 6.45. The third-order valence-electron chi connectivity index (χ3n) is 2.60. The van der Waals surface area contributed by atoms with E-state index in [0.717, 1.165) is 0 Å². The Hall–Kier alpha value is -1.07. The van der Waals surface area contributed by atoms with Crippen LogP contribution in [0.15, 0.2) is 24.3 Å². The highest BCUT2D eigenvalue weighted by molar-refractivity contribution is 8.00. The second-order valence-electron chi connectivity index (χ2n) is 4.08. The molecule has 0 unspecified atom stereocenters. The summed E-state index contributed by atoms with van der Waals surface area (Å²) in [7, 11) is 0. The van der Waals surface area contributed by atoms with Crippen molar-refractivity contribution in [3.05, 3.63) is 35.6 Å². The molecule has 1 N–H and O–H groups in total. The van der Waals surface area contributed by atoms with E-state index >= 15 is 0 Å². The maximum atomic E-state index is 13.7. The Morgan fingerprint density at radius 3 is 2.94 bits per heavy atom. The van der Waals surface area contributed by atoms with Gasteiger partial charge in [-0.1, -0.05) is 18.2 Å². The van der Waals surface area contributed by atoms with Crippen LogP contribution in [0.5, 0.6) is 0 Å². The molecule has 0 saturated carbocycles. The topological polar surface area (TPSA) is 40.5 Å². The number of amides is 1. The van der Waals surface area contributed by atoms with E-state index in [2.05, 4.69) is 0 Å². The third-order valence-corrected chi connectivity index (χ3v) is 3.84. The normalized spacial score (nSPS) is 21.9. The fourth-order valence-corrected chi connectivity index (χ4v) is 3.09. The zero-order chi connectivity index (χ0) is 12.4. The Morgan fingerprint density at radius 1 is 1.59 bits per heavy atom. The molecule has 5 heteroatoms. The van der Waals surface area contributed by atoms with Gasteiger partial charge >= 0.3 is 0 Å². The fourth-order valence-electron chi connectivity index (χ4n) is 1.87. The Morgan fingerprint density at radius 2 is 2.29 bits per heavy atom. The number of aliphatic hydroxyl groups is 1. The fraction of sp³-hybridized carbons (Fsp3) is 0.417. The highest BCUT2D eigenvalue weighted by atomic mass is 32.2. The minimum absolute atomic E-state index is 0.0517. The number of carbonyl (C=O) groups excluding carboxylic acids is 1. The van der Waals surface area contributed by atoms with E-state index in [1.54, 1.807) is 25.1 Å². The zero-order valence-corrected chi connectivity index (χ0v) is 10.3. The predicted molar refractivity (Wildman–Crippen MR) is 65.0 cm³/mol. The molecule has 1 saturated heterocycles. The molecule has 1 heterocycles. The van der Waals surface area contributed by atoms with Crippen LogP contribution in [0.4, 0.5) is 4.39 Å². The second kappa shape index (κ2) is 5.06. The van der Waals surface area contributed by atoms with Gasteiger partial charge in [0.05, 0.1) is 11.9 Å². The van der Waals surface area contributed by atoms with E-state index in [9.17, 15) is 14.3 Å². The van der Waals surface area contributed by atoms with Gasteiger partial charge in [-0.25, -0.2) is 4.39 Å². The molecule has 2 atom stereocenters. The van der Waals surface area contributed by atoms with Gasteiger partial charge in [-0.2, -0.15) is 0 Å². The van der Waals surface area contributed by atoms with Crippen LogP contribution >= 0.6 is 11.8 Å². The SMILES string of the molecule is C[C@H](O)CN1C(=O)CS[C@@H]1c1ccccc1F. The van der Waals surface area contributed by atoms with Gasteiger partial charge in [0.1, 0.15) is 11.2 Å². The Kier molecular flexibility index (Phi) is 3.69. The lowest BCUT2D eigenvalue weighted by Gasteiger charge is -2.25. The van der Waals surface area contributed by atoms with Crippen molar-refractivity contribution in [1.29, 1.82) is 0 Å². The third kappa shape index (κ3) is 2.61. The Balaban J connectivity index is 2.25. The largest absolute Gasteiger partial charge is 0.392 e. The van der Waals surface area contributed by atoms with E-state index in [1.807, 2.05) is 0 Å². The first-order valence-corrected chi connectivity index (χ1v) is 6.48. The van der Waals surface area contributed by atoms with Crippen molar-refractivity contribution in [2.75, 3.05) is 12.3 Å². The maximum Gasteiger partial charge on any atom is 0.233 e. The Labute approximate surface area is 104 Å². The molecule has 3 nitrogen and oxygen atoms in total. The first-order valence-electron chi connectivity index (χ1n) is 5.43. The number of thioether (sulfide) groups is 1. The van der Waals surface area contributed by atoms with E-state index in [-0.39, 0.29) is 23.6 Å². The van der Waals surface area contributed by atoms with Gasteiger partial charge in [0.15, 0.2) is 0 Å². The van der Waals surface area contributed by atoms with Crippen molar-refractivity contribution in [3.63, 3.8) is 0 Å². The van der Waals surface area contributed by atoms with Crippen LogP contribution in [0.25, 0.3) is 0 Å². The monoisotopic (exact) mass is 255 g/mol. The first kappa shape index (κ1) is 12.4. The highest BCUT2D eigenvalue weighted by Crippen LogP contribution is 2.39. The number of benzene rings is 1. The molecule has 0 bridgehead atoms. The van der Waals surface area contributed by atoms with E-state index in [0.29, 0.717) is 11.3 Å². The molecular formula is C12H14FNO2S. The number of aliphatic hydroxyl groups excluding tert-OH is 1. The lowest BCUT2D eigenvalue weighted by molar-refractivity contribution is -0.129. The lowest BCUT2D eigenvalue weighted by atomic mass is 10.2. The van der Waals surface area contributed by atoms with Gasteiger partial charge in [-0.3, -0.25) is 4.79 Å². The van der Waals surface area contributed by atoms with Crippen molar-refractivity contribution in [2.45, 2.75) is 18.4 Å². The van der Waals surface area contributed by atoms with Crippen LogP contribution in [0, 0.1) is 5.82 Å². The van der Waals surface area contributed by atoms with E-state index in [1.165, 1.54) is 22.7 Å². The smallest absolute Gasteiger partial charge is 0.233 e. The average Bonchev–Trinajstić information content (AvgIpc) is 2.61. The van der Waals surface area contributed by atoms with Crippen LogP contribution in [0.3, 0.4) is 0 Å². The summed E-state index contributed by atoms with van der Waals surface area (Å²) in [5, 5.41) is 9.05. The van der Waals surface area contributed by atoms with Gasteiger partial charge in [0.2, 0.25) is 5.91 Å². The molecule has 1 aliphatic rings. The molecule has 1 aromatic carbocycles. The van der Waals surface area contributed by atoms with Crippen LogP contribution < -0.4 is 0 Å². The molecule has 1 aromatic rings.